The molecule has 7 nitrogen and oxygen atoms in total. The van der Waals surface area contributed by atoms with Gasteiger partial charge in [-0.1, -0.05) is 23.2 Å². The number of carboxylic acid groups (broad SMARTS) is 1. The third-order valence-corrected chi connectivity index (χ3v) is 10.6. The third kappa shape index (κ3) is 9.22. The van der Waals surface area contributed by atoms with Crippen LogP contribution < -0.4 is 4.72 Å². The number of piperidine rings is 1. The number of thioether (sulfide) groups is 1. The van der Waals surface area contributed by atoms with Gasteiger partial charge in [-0.3, -0.25) is 9.69 Å². The number of alkyl halides is 3. The van der Waals surface area contributed by atoms with Crippen LogP contribution in [-0.4, -0.2) is 60.1 Å². The average Bonchev–Trinajstić information content (AvgIpc) is 3.78. The van der Waals surface area contributed by atoms with Crippen LogP contribution in [-0.2, 0) is 21.4 Å². The molecule has 1 saturated heterocycles. The molecule has 2 aromatic rings. The zero-order valence-electron chi connectivity index (χ0n) is 22.1. The van der Waals surface area contributed by atoms with Gasteiger partial charge in [-0.05, 0) is 99.0 Å². The van der Waals surface area contributed by atoms with Gasteiger partial charge in [0.05, 0.1) is 10.8 Å². The number of hydrogen-bond donors (Lipinski definition) is 2. The van der Waals surface area contributed by atoms with Crippen molar-refractivity contribution in [3.63, 3.8) is 0 Å². The lowest BCUT2D eigenvalue weighted by molar-refractivity contribution is -0.192. The molecule has 0 radical (unpaired) electrons. The van der Waals surface area contributed by atoms with Gasteiger partial charge in [0.2, 0.25) is 10.0 Å². The summed E-state index contributed by atoms with van der Waals surface area (Å²) < 4.78 is 73.1. The topological polar surface area (TPSA) is 104 Å². The fourth-order valence-corrected chi connectivity index (χ4v) is 7.75. The Morgan fingerprint density at radius 2 is 1.55 bits per heavy atom. The Bertz CT molecular complexity index is 1420. The number of carboxylic acids is 1. The van der Waals surface area contributed by atoms with E-state index in [-0.39, 0.29) is 5.56 Å². The number of likely N-dealkylation sites (tertiary alicyclic amines) is 1. The molecule has 2 aromatic carbocycles. The van der Waals surface area contributed by atoms with Crippen molar-refractivity contribution in [2.24, 2.45) is 0 Å². The third-order valence-electron chi connectivity index (χ3n) is 7.00. The fraction of sp³-hybridized carbons (Fsp3) is 0.481. The average molecular weight is 672 g/mol. The highest BCUT2D eigenvalue weighted by molar-refractivity contribution is 8.00. The highest BCUT2D eigenvalue weighted by atomic mass is 35.5. The number of hydrogen-bond acceptors (Lipinski definition) is 6. The number of amides is 1. The molecule has 0 atom stereocenters. The molecule has 42 heavy (non-hydrogen) atoms. The van der Waals surface area contributed by atoms with E-state index in [0.717, 1.165) is 54.8 Å². The first-order valence-corrected chi connectivity index (χ1v) is 16.3. The van der Waals surface area contributed by atoms with E-state index in [1.807, 2.05) is 12.1 Å². The summed E-state index contributed by atoms with van der Waals surface area (Å²) in [5.74, 6) is -4.00. The zero-order valence-corrected chi connectivity index (χ0v) is 25.2. The molecule has 2 aliphatic carbocycles. The van der Waals surface area contributed by atoms with Crippen LogP contribution in [0, 0.1) is 5.82 Å². The minimum absolute atomic E-state index is 0.185. The van der Waals surface area contributed by atoms with Gasteiger partial charge in [0.25, 0.3) is 5.91 Å². The van der Waals surface area contributed by atoms with Crippen molar-refractivity contribution in [1.82, 2.24) is 9.62 Å². The van der Waals surface area contributed by atoms with Crippen molar-refractivity contribution in [2.75, 3.05) is 13.1 Å². The lowest BCUT2D eigenvalue weighted by atomic mass is 9.98. The minimum atomic E-state index is -5.08. The molecule has 15 heteroatoms. The second-order valence-corrected chi connectivity index (χ2v) is 14.7. The first-order valence-electron chi connectivity index (χ1n) is 13.2. The first kappa shape index (κ1) is 32.8. The van der Waals surface area contributed by atoms with Crippen molar-refractivity contribution in [3.05, 3.63) is 62.9 Å². The monoisotopic (exact) mass is 670 g/mol. The Morgan fingerprint density at radius 1 is 0.976 bits per heavy atom. The van der Waals surface area contributed by atoms with Gasteiger partial charge in [0, 0.05) is 26.7 Å². The van der Waals surface area contributed by atoms with Crippen LogP contribution in [0.1, 0.15) is 65.9 Å². The highest BCUT2D eigenvalue weighted by Crippen LogP contribution is 2.43. The zero-order chi connectivity index (χ0) is 30.8. The van der Waals surface area contributed by atoms with Crippen molar-refractivity contribution in [3.8, 4) is 0 Å². The number of rotatable bonds is 8. The number of carbonyl (C=O) groups is 2. The van der Waals surface area contributed by atoms with Crippen LogP contribution in [0.5, 0.6) is 0 Å². The smallest absolute Gasteiger partial charge is 0.475 e. The molecule has 1 amide bonds. The Morgan fingerprint density at radius 3 is 2.05 bits per heavy atom. The molecule has 0 unspecified atom stereocenters. The van der Waals surface area contributed by atoms with Gasteiger partial charge in [-0.25, -0.2) is 22.3 Å². The molecular formula is C27H28Cl2F4N2O5S2. The number of nitrogens with zero attached hydrogens (tertiary/aromatic N) is 1. The Hall–Kier alpha value is -2.06. The summed E-state index contributed by atoms with van der Waals surface area (Å²) in [5, 5.41) is 8.32. The van der Waals surface area contributed by atoms with Crippen molar-refractivity contribution >= 4 is 56.9 Å². The lowest BCUT2D eigenvalue weighted by Gasteiger charge is -2.32. The lowest BCUT2D eigenvalue weighted by Crippen LogP contribution is -2.35. The molecule has 5 rings (SSSR count). The van der Waals surface area contributed by atoms with Crippen LogP contribution in [0.25, 0.3) is 0 Å². The molecule has 0 aromatic heterocycles. The Kier molecular flexibility index (Phi) is 10.4. The van der Waals surface area contributed by atoms with Crippen molar-refractivity contribution < 1.29 is 40.7 Å². The maximum absolute atomic E-state index is 15.0. The van der Waals surface area contributed by atoms with E-state index < -0.39 is 39.1 Å². The van der Waals surface area contributed by atoms with E-state index >= 15 is 0 Å². The number of halogens is 6. The highest BCUT2D eigenvalue weighted by Gasteiger charge is 2.39. The van der Waals surface area contributed by atoms with Crippen molar-refractivity contribution in [2.45, 2.75) is 72.6 Å². The molecule has 1 aliphatic heterocycles. The van der Waals surface area contributed by atoms with Gasteiger partial charge >= 0.3 is 12.1 Å². The van der Waals surface area contributed by atoms with Crippen LogP contribution >= 0.6 is 35.0 Å². The molecule has 0 spiro atoms. The summed E-state index contributed by atoms with van der Waals surface area (Å²) in [6, 6.07) is 8.60. The van der Waals surface area contributed by atoms with Gasteiger partial charge in [-0.2, -0.15) is 13.2 Å². The summed E-state index contributed by atoms with van der Waals surface area (Å²) in [7, 11) is -3.73. The van der Waals surface area contributed by atoms with Crippen LogP contribution in [0.4, 0.5) is 17.6 Å². The number of sulfonamides is 1. The van der Waals surface area contributed by atoms with E-state index in [9.17, 15) is 30.8 Å². The van der Waals surface area contributed by atoms with Crippen LogP contribution in [0.2, 0.25) is 10.0 Å². The standard InChI is InChI=1S/C25H27Cl2FN2O3S2.C2HF3O2/c26-17-10-18(27)12-20(11-17)34-19-5-7-30(8-6-19)14-16-9-24(28)23(13-22(16)15-1-2-15)25(31)29-35(32,33)21-3-4-21;3-2(4,5)1(6)7/h9-13,15,19,21H,1-8,14H2,(H,29,31);(H,6,7). The Balaban J connectivity index is 0.000000517. The summed E-state index contributed by atoms with van der Waals surface area (Å²) in [6.45, 7) is 2.39. The van der Waals surface area contributed by atoms with Gasteiger partial charge in [0.1, 0.15) is 5.82 Å². The van der Waals surface area contributed by atoms with Gasteiger partial charge < -0.3 is 5.11 Å². The maximum Gasteiger partial charge on any atom is 0.490 e. The largest absolute Gasteiger partial charge is 0.490 e. The maximum atomic E-state index is 15.0. The van der Waals surface area contributed by atoms with E-state index in [0.29, 0.717) is 40.6 Å². The van der Waals surface area contributed by atoms with E-state index in [4.69, 9.17) is 33.1 Å². The number of aliphatic carboxylic acids is 1. The van der Waals surface area contributed by atoms with Crippen LogP contribution in [0.15, 0.2) is 35.2 Å². The SMILES string of the molecule is O=C(NS(=O)(=O)C1CC1)c1cc(C2CC2)c(CN2CCC(Sc3cc(Cl)cc(Cl)c3)CC2)cc1F.O=C(O)C(F)(F)F. The van der Waals surface area contributed by atoms with Crippen molar-refractivity contribution in [1.29, 1.82) is 0 Å². The number of nitrogens with one attached hydrogen (secondary N) is 1. The van der Waals surface area contributed by atoms with Crippen LogP contribution in [0.3, 0.4) is 0 Å². The summed E-state index contributed by atoms with van der Waals surface area (Å²) in [6.07, 6.45) is -0.00808. The Labute approximate surface area is 255 Å². The minimum Gasteiger partial charge on any atom is -0.475 e. The summed E-state index contributed by atoms with van der Waals surface area (Å²) in [5.41, 5.74) is 1.67. The van der Waals surface area contributed by atoms with Gasteiger partial charge in [0.15, 0.2) is 0 Å². The second kappa shape index (κ2) is 13.3. The quantitative estimate of drug-likeness (QED) is 0.304. The molecule has 0 bridgehead atoms. The molecule has 2 saturated carbocycles. The molecule has 1 heterocycles. The van der Waals surface area contributed by atoms with E-state index in [2.05, 4.69) is 9.62 Å². The molecular weight excluding hydrogens is 643 g/mol. The van der Waals surface area contributed by atoms with Gasteiger partial charge in [-0.15, -0.1) is 11.8 Å². The molecule has 230 valence electrons. The first-order chi connectivity index (χ1) is 19.6. The summed E-state index contributed by atoms with van der Waals surface area (Å²) in [4.78, 5) is 24.9. The predicted molar refractivity (Wildman–Crippen MR) is 152 cm³/mol. The fourth-order valence-electron chi connectivity index (χ4n) is 4.58. The van der Waals surface area contributed by atoms with E-state index in [1.54, 1.807) is 23.9 Å². The predicted octanol–water partition coefficient (Wildman–Crippen LogP) is 6.62. The summed E-state index contributed by atoms with van der Waals surface area (Å²) >= 11 is 14.0. The van der Waals surface area contributed by atoms with E-state index in [1.165, 1.54) is 6.07 Å². The number of benzene rings is 2. The normalized spacial score (nSPS) is 18.2. The second-order valence-electron chi connectivity index (χ2n) is 10.5. The molecule has 3 fully saturated rings. The molecule has 2 N–H and O–H groups in total. The number of carbonyl (C=O) groups excluding carboxylic acids is 1. The molecule has 3 aliphatic rings.